The summed E-state index contributed by atoms with van der Waals surface area (Å²) in [7, 11) is 1.73. The van der Waals surface area contributed by atoms with Crippen LogP contribution in [0.4, 0.5) is 0 Å². The second kappa shape index (κ2) is 6.40. The zero-order valence-electron chi connectivity index (χ0n) is 11.3. The number of carbonyl (C=O) groups is 1. The molecule has 0 aromatic heterocycles. The zero-order chi connectivity index (χ0) is 13.7. The van der Waals surface area contributed by atoms with Crippen LogP contribution in [0.3, 0.4) is 0 Å². The third kappa shape index (κ3) is 3.74. The summed E-state index contributed by atoms with van der Waals surface area (Å²) in [6, 6.07) is 6.43. The third-order valence-electron chi connectivity index (χ3n) is 3.25. The highest BCUT2D eigenvalue weighted by molar-refractivity contribution is 5.81. The molecule has 0 spiro atoms. The number of likely N-dealkylation sites (N-methyl/N-ethyl adjacent to an activating group) is 1. The van der Waals surface area contributed by atoms with Crippen molar-refractivity contribution in [2.24, 2.45) is 11.7 Å². The number of nitrogens with zero attached hydrogens (tertiary/aromatic N) is 1. The number of benzene rings is 1. The van der Waals surface area contributed by atoms with Gasteiger partial charge in [0.15, 0.2) is 0 Å². The van der Waals surface area contributed by atoms with Crippen molar-refractivity contribution in [3.05, 3.63) is 29.8 Å². The molecule has 4 nitrogen and oxygen atoms in total. The van der Waals surface area contributed by atoms with Crippen LogP contribution in [0.15, 0.2) is 24.3 Å². The van der Waals surface area contributed by atoms with E-state index >= 15 is 0 Å². The molecule has 1 aromatic carbocycles. The normalized spacial score (nSPS) is 14.0. The van der Waals surface area contributed by atoms with Crippen LogP contribution in [-0.4, -0.2) is 29.0 Å². The SMILES string of the molecule is CCC(C)[C@H](N)C(=O)N(C)Cc1cccc(O)c1. The minimum atomic E-state index is -0.461. The molecule has 18 heavy (non-hydrogen) atoms. The molecule has 0 aliphatic rings. The highest BCUT2D eigenvalue weighted by Crippen LogP contribution is 2.14. The number of rotatable bonds is 5. The minimum absolute atomic E-state index is 0.0623. The summed E-state index contributed by atoms with van der Waals surface area (Å²) in [4.78, 5) is 13.7. The van der Waals surface area contributed by atoms with Gasteiger partial charge in [-0.2, -0.15) is 0 Å². The minimum Gasteiger partial charge on any atom is -0.508 e. The Morgan fingerprint density at radius 3 is 2.72 bits per heavy atom. The highest BCUT2D eigenvalue weighted by atomic mass is 16.3. The smallest absolute Gasteiger partial charge is 0.239 e. The van der Waals surface area contributed by atoms with E-state index < -0.39 is 6.04 Å². The number of nitrogens with two attached hydrogens (primary N) is 1. The van der Waals surface area contributed by atoms with E-state index in [0.717, 1.165) is 12.0 Å². The number of carbonyl (C=O) groups excluding carboxylic acids is 1. The van der Waals surface area contributed by atoms with Crippen molar-refractivity contribution in [3.8, 4) is 5.75 Å². The predicted molar refractivity (Wildman–Crippen MR) is 72.0 cm³/mol. The topological polar surface area (TPSA) is 66.6 Å². The Morgan fingerprint density at radius 1 is 1.50 bits per heavy atom. The van der Waals surface area contributed by atoms with Gasteiger partial charge in [-0.05, 0) is 23.6 Å². The van der Waals surface area contributed by atoms with Crippen molar-refractivity contribution in [2.75, 3.05) is 7.05 Å². The van der Waals surface area contributed by atoms with E-state index in [9.17, 15) is 9.90 Å². The molecule has 1 amide bonds. The summed E-state index contributed by atoms with van der Waals surface area (Å²) < 4.78 is 0. The lowest BCUT2D eigenvalue weighted by atomic mass is 9.99. The molecule has 0 saturated carbocycles. The Kier molecular flexibility index (Phi) is 5.16. The van der Waals surface area contributed by atoms with Crippen molar-refractivity contribution >= 4 is 5.91 Å². The van der Waals surface area contributed by atoms with Crippen LogP contribution in [0.25, 0.3) is 0 Å². The molecule has 2 atom stereocenters. The standard InChI is InChI=1S/C14H22N2O2/c1-4-10(2)13(15)14(18)16(3)9-11-6-5-7-12(17)8-11/h5-8,10,13,17H,4,9,15H2,1-3H3/t10?,13-/m0/s1. The van der Waals surface area contributed by atoms with Crippen LogP contribution in [0.2, 0.25) is 0 Å². The summed E-state index contributed by atoms with van der Waals surface area (Å²) >= 11 is 0. The monoisotopic (exact) mass is 250 g/mol. The number of phenolic OH excluding ortho intramolecular Hbond substituents is 1. The highest BCUT2D eigenvalue weighted by Gasteiger charge is 2.22. The molecule has 0 heterocycles. The summed E-state index contributed by atoms with van der Waals surface area (Å²) in [5.41, 5.74) is 6.81. The number of hydrogen-bond donors (Lipinski definition) is 2. The van der Waals surface area contributed by atoms with Crippen LogP contribution in [0.5, 0.6) is 5.75 Å². The molecule has 1 unspecified atom stereocenters. The van der Waals surface area contributed by atoms with E-state index in [1.807, 2.05) is 19.9 Å². The zero-order valence-corrected chi connectivity index (χ0v) is 11.3. The molecule has 0 saturated heterocycles. The van der Waals surface area contributed by atoms with Crippen molar-refractivity contribution in [1.82, 2.24) is 4.90 Å². The van der Waals surface area contributed by atoms with Gasteiger partial charge in [-0.15, -0.1) is 0 Å². The maximum absolute atomic E-state index is 12.1. The summed E-state index contributed by atoms with van der Waals surface area (Å²) in [5, 5.41) is 9.37. The summed E-state index contributed by atoms with van der Waals surface area (Å²) in [5.74, 6) is 0.316. The number of hydrogen-bond acceptors (Lipinski definition) is 3. The Bertz CT molecular complexity index is 407. The molecule has 0 bridgehead atoms. The first-order valence-electron chi connectivity index (χ1n) is 6.24. The van der Waals surface area contributed by atoms with Gasteiger partial charge in [0.2, 0.25) is 5.91 Å². The van der Waals surface area contributed by atoms with Crippen LogP contribution >= 0.6 is 0 Å². The fourth-order valence-electron chi connectivity index (χ4n) is 1.76. The molecule has 3 N–H and O–H groups in total. The van der Waals surface area contributed by atoms with Crippen LogP contribution in [-0.2, 0) is 11.3 Å². The second-order valence-electron chi connectivity index (χ2n) is 4.78. The number of aromatic hydroxyl groups is 1. The van der Waals surface area contributed by atoms with Crippen molar-refractivity contribution < 1.29 is 9.90 Å². The average molecular weight is 250 g/mol. The van der Waals surface area contributed by atoms with Crippen LogP contribution in [0.1, 0.15) is 25.8 Å². The van der Waals surface area contributed by atoms with Gasteiger partial charge in [-0.3, -0.25) is 4.79 Å². The van der Waals surface area contributed by atoms with Crippen LogP contribution < -0.4 is 5.73 Å². The van der Waals surface area contributed by atoms with Gasteiger partial charge >= 0.3 is 0 Å². The van der Waals surface area contributed by atoms with E-state index in [1.165, 1.54) is 0 Å². The first-order chi connectivity index (χ1) is 8.45. The Balaban J connectivity index is 2.65. The first kappa shape index (κ1) is 14.5. The maximum Gasteiger partial charge on any atom is 0.239 e. The van der Waals surface area contributed by atoms with Crippen LogP contribution in [0, 0.1) is 5.92 Å². The van der Waals surface area contributed by atoms with Gasteiger partial charge in [0.05, 0.1) is 6.04 Å². The van der Waals surface area contributed by atoms with Gasteiger partial charge in [0, 0.05) is 13.6 Å². The lowest BCUT2D eigenvalue weighted by Crippen LogP contribution is -2.45. The molecule has 0 aliphatic heterocycles. The molecule has 0 fully saturated rings. The van der Waals surface area contributed by atoms with Crippen molar-refractivity contribution in [1.29, 1.82) is 0 Å². The number of phenols is 1. The van der Waals surface area contributed by atoms with Gasteiger partial charge in [-0.25, -0.2) is 0 Å². The van der Waals surface area contributed by atoms with Gasteiger partial charge < -0.3 is 15.7 Å². The van der Waals surface area contributed by atoms with Crippen molar-refractivity contribution in [3.63, 3.8) is 0 Å². The summed E-state index contributed by atoms with van der Waals surface area (Å²) in [6.45, 7) is 4.45. The molecule has 1 aromatic rings. The quantitative estimate of drug-likeness (QED) is 0.836. The second-order valence-corrected chi connectivity index (χ2v) is 4.78. The van der Waals surface area contributed by atoms with Gasteiger partial charge in [0.25, 0.3) is 0 Å². The third-order valence-corrected chi connectivity index (χ3v) is 3.25. The largest absolute Gasteiger partial charge is 0.508 e. The van der Waals surface area contributed by atoms with E-state index in [0.29, 0.717) is 6.54 Å². The lowest BCUT2D eigenvalue weighted by molar-refractivity contribution is -0.132. The lowest BCUT2D eigenvalue weighted by Gasteiger charge is -2.24. The van der Waals surface area contributed by atoms with Gasteiger partial charge in [0.1, 0.15) is 5.75 Å². The Morgan fingerprint density at radius 2 is 2.17 bits per heavy atom. The fourth-order valence-corrected chi connectivity index (χ4v) is 1.76. The van der Waals surface area contributed by atoms with E-state index in [1.54, 1.807) is 30.1 Å². The molecule has 4 heteroatoms. The van der Waals surface area contributed by atoms with Gasteiger partial charge in [-0.1, -0.05) is 32.4 Å². The fraction of sp³-hybridized carbons (Fsp3) is 0.500. The molecular formula is C14H22N2O2. The molecule has 100 valence electrons. The van der Waals surface area contributed by atoms with Crippen molar-refractivity contribution in [2.45, 2.75) is 32.9 Å². The molecule has 1 rings (SSSR count). The Hall–Kier alpha value is -1.55. The van der Waals surface area contributed by atoms with E-state index in [2.05, 4.69) is 0 Å². The Labute approximate surface area is 108 Å². The first-order valence-corrected chi connectivity index (χ1v) is 6.24. The summed E-state index contributed by atoms with van der Waals surface area (Å²) in [6.07, 6.45) is 0.882. The maximum atomic E-state index is 12.1. The molecular weight excluding hydrogens is 228 g/mol. The van der Waals surface area contributed by atoms with E-state index in [-0.39, 0.29) is 17.6 Å². The predicted octanol–water partition coefficient (Wildman–Crippen LogP) is 1.72. The van der Waals surface area contributed by atoms with E-state index in [4.69, 9.17) is 5.73 Å². The number of amides is 1. The molecule has 0 radical (unpaired) electrons. The average Bonchev–Trinajstić information content (AvgIpc) is 2.36. The molecule has 0 aliphatic carbocycles.